The molecule has 186 valence electrons. The molecule has 1 aliphatic heterocycles. The van der Waals surface area contributed by atoms with Crippen molar-refractivity contribution >= 4 is 23.2 Å². The highest BCUT2D eigenvalue weighted by Crippen LogP contribution is 2.54. The number of hydrogen-bond acceptors (Lipinski definition) is 6. The van der Waals surface area contributed by atoms with Crippen LogP contribution in [0.4, 0.5) is 0 Å². The van der Waals surface area contributed by atoms with Crippen LogP contribution in [-0.4, -0.2) is 47.6 Å². The van der Waals surface area contributed by atoms with Crippen molar-refractivity contribution in [2.75, 3.05) is 0 Å². The lowest BCUT2D eigenvalue weighted by Crippen LogP contribution is -2.54. The lowest BCUT2D eigenvalue weighted by atomic mass is 9.83. The first kappa shape index (κ1) is 25.0. The Bertz CT molecular complexity index is 1200. The second-order valence-corrected chi connectivity index (χ2v) is 11.8. The van der Waals surface area contributed by atoms with Gasteiger partial charge in [0.1, 0.15) is 16.4 Å². The molecule has 0 spiro atoms. The Balaban J connectivity index is 1.89. The summed E-state index contributed by atoms with van der Waals surface area (Å²) in [5, 5.41) is 20.4. The summed E-state index contributed by atoms with van der Waals surface area (Å²) in [5.74, 6) is -0.528. The Hall–Kier alpha value is -3.07. The Morgan fingerprint density at radius 1 is 1.26 bits per heavy atom. The third-order valence-electron chi connectivity index (χ3n) is 6.69. The van der Waals surface area contributed by atoms with Gasteiger partial charge in [0.25, 0.3) is 5.91 Å². The number of carbonyl (C=O) groups excluding carboxylic acids is 1. The van der Waals surface area contributed by atoms with Crippen molar-refractivity contribution in [1.29, 1.82) is 0 Å². The summed E-state index contributed by atoms with van der Waals surface area (Å²) < 4.78 is 0. The zero-order chi connectivity index (χ0) is 25.5. The number of aromatic nitrogens is 4. The summed E-state index contributed by atoms with van der Waals surface area (Å²) >= 11 is 1.42. The van der Waals surface area contributed by atoms with Crippen LogP contribution in [0.15, 0.2) is 35.8 Å². The molecule has 0 aliphatic carbocycles. The van der Waals surface area contributed by atoms with Gasteiger partial charge in [0.15, 0.2) is 5.82 Å². The van der Waals surface area contributed by atoms with E-state index in [1.807, 2.05) is 38.3 Å². The highest BCUT2D eigenvalue weighted by atomic mass is 32.1. The number of thiazole rings is 1. The summed E-state index contributed by atoms with van der Waals surface area (Å²) in [7, 11) is 0. The Morgan fingerprint density at radius 3 is 2.43 bits per heavy atom. The zero-order valence-corrected chi connectivity index (χ0v) is 21.9. The minimum absolute atomic E-state index is 0.0502. The molecule has 8 nitrogen and oxygen atoms in total. The molecule has 3 atom stereocenters. The van der Waals surface area contributed by atoms with Gasteiger partial charge in [-0.2, -0.15) is 5.10 Å². The van der Waals surface area contributed by atoms with Gasteiger partial charge in [0.05, 0.1) is 12.0 Å². The van der Waals surface area contributed by atoms with Crippen LogP contribution in [0.3, 0.4) is 0 Å². The van der Waals surface area contributed by atoms with Crippen LogP contribution in [0.2, 0.25) is 0 Å². The largest absolute Gasteiger partial charge is 0.479 e. The van der Waals surface area contributed by atoms with E-state index in [-0.39, 0.29) is 23.7 Å². The van der Waals surface area contributed by atoms with Gasteiger partial charge in [-0.1, -0.05) is 46.8 Å². The molecule has 3 heterocycles. The van der Waals surface area contributed by atoms with E-state index >= 15 is 0 Å². The van der Waals surface area contributed by atoms with Crippen molar-refractivity contribution in [3.05, 3.63) is 63.6 Å². The van der Waals surface area contributed by atoms with E-state index < -0.39 is 23.5 Å². The maximum Gasteiger partial charge on any atom is 0.329 e. The quantitative estimate of drug-likeness (QED) is 0.492. The van der Waals surface area contributed by atoms with Gasteiger partial charge in [-0.05, 0) is 48.8 Å². The molecule has 3 aromatic rings. The van der Waals surface area contributed by atoms with E-state index in [4.69, 9.17) is 0 Å². The fraction of sp³-hybridized carbons (Fsp3) is 0.500. The van der Waals surface area contributed by atoms with Crippen molar-refractivity contribution in [3.63, 3.8) is 0 Å². The first-order valence-electron chi connectivity index (χ1n) is 11.9. The number of benzene rings is 1. The molecule has 4 rings (SSSR count). The van der Waals surface area contributed by atoms with Crippen LogP contribution in [0, 0.1) is 12.8 Å². The summed E-state index contributed by atoms with van der Waals surface area (Å²) in [6.07, 6.45) is 2.22. The molecule has 1 aromatic carbocycles. The minimum Gasteiger partial charge on any atom is -0.479 e. The number of aryl methyl sites for hydroxylation is 1. The smallest absolute Gasteiger partial charge is 0.329 e. The van der Waals surface area contributed by atoms with E-state index in [1.54, 1.807) is 23.2 Å². The average Bonchev–Trinajstić information content (AvgIpc) is 3.51. The maximum atomic E-state index is 14.2. The fourth-order valence-electron chi connectivity index (χ4n) is 5.15. The standard InChI is InChI=1S/C26H33N5O3S/c1-15(2)13-26(24(33)34)14-19(21-28-16(3)29-30-21)20(22-27-11-12-35-22)31(26)23(32)17-7-9-18(10-8-17)25(4,5)6/h7-12,15,19-20H,13-14H2,1-6H3,(H,33,34)(H,28,29,30)/t19-,20-,26+/m1/s1. The number of carboxylic acids is 1. The number of rotatable bonds is 6. The maximum absolute atomic E-state index is 14.2. The molecule has 0 unspecified atom stereocenters. The van der Waals surface area contributed by atoms with Crippen LogP contribution < -0.4 is 0 Å². The van der Waals surface area contributed by atoms with E-state index in [0.29, 0.717) is 28.6 Å². The van der Waals surface area contributed by atoms with Gasteiger partial charge in [-0.25, -0.2) is 14.8 Å². The van der Waals surface area contributed by atoms with E-state index in [1.165, 1.54) is 11.3 Å². The topological polar surface area (TPSA) is 112 Å². The third kappa shape index (κ3) is 4.61. The van der Waals surface area contributed by atoms with E-state index in [9.17, 15) is 14.7 Å². The number of amides is 1. The van der Waals surface area contributed by atoms with Crippen molar-refractivity contribution in [2.45, 2.75) is 77.3 Å². The second kappa shape index (κ2) is 9.18. The monoisotopic (exact) mass is 495 g/mol. The molecular weight excluding hydrogens is 462 g/mol. The van der Waals surface area contributed by atoms with E-state index in [2.05, 4.69) is 40.9 Å². The lowest BCUT2D eigenvalue weighted by molar-refractivity contribution is -0.150. The second-order valence-electron chi connectivity index (χ2n) is 10.8. The number of H-pyrrole nitrogens is 1. The van der Waals surface area contributed by atoms with Crippen LogP contribution in [0.5, 0.6) is 0 Å². The number of aromatic amines is 1. The van der Waals surface area contributed by atoms with Gasteiger partial charge in [0.2, 0.25) is 0 Å². The van der Waals surface area contributed by atoms with Gasteiger partial charge in [-0.15, -0.1) is 11.3 Å². The first-order valence-corrected chi connectivity index (χ1v) is 12.8. The zero-order valence-electron chi connectivity index (χ0n) is 21.1. The number of aliphatic carboxylic acids is 1. The Kier molecular flexibility index (Phi) is 6.57. The molecule has 0 bridgehead atoms. The van der Waals surface area contributed by atoms with Gasteiger partial charge in [-0.3, -0.25) is 9.89 Å². The van der Waals surface area contributed by atoms with Gasteiger partial charge >= 0.3 is 5.97 Å². The van der Waals surface area contributed by atoms with Crippen molar-refractivity contribution in [1.82, 2.24) is 25.1 Å². The summed E-state index contributed by atoms with van der Waals surface area (Å²) in [6.45, 7) is 12.1. The van der Waals surface area contributed by atoms with Gasteiger partial charge < -0.3 is 10.0 Å². The van der Waals surface area contributed by atoms with Crippen LogP contribution in [0.25, 0.3) is 0 Å². The molecule has 9 heteroatoms. The van der Waals surface area contributed by atoms with Crippen LogP contribution in [0.1, 0.15) is 92.0 Å². The van der Waals surface area contributed by atoms with Crippen molar-refractivity contribution in [3.8, 4) is 0 Å². The molecule has 35 heavy (non-hydrogen) atoms. The van der Waals surface area contributed by atoms with Gasteiger partial charge in [0, 0.05) is 17.1 Å². The summed E-state index contributed by atoms with van der Waals surface area (Å²) in [6, 6.07) is 6.91. The first-order chi connectivity index (χ1) is 16.4. The predicted octanol–water partition coefficient (Wildman–Crippen LogP) is 5.11. The highest BCUT2D eigenvalue weighted by molar-refractivity contribution is 7.09. The SMILES string of the molecule is Cc1nc([C@@H]2C[C@@](CC(C)C)(C(=O)O)N(C(=O)c3ccc(C(C)(C)C)cc3)[C@H]2c2nccs2)n[nH]1. The molecule has 1 saturated heterocycles. The minimum atomic E-state index is -1.41. The van der Waals surface area contributed by atoms with Crippen LogP contribution >= 0.6 is 11.3 Å². The molecule has 1 amide bonds. The summed E-state index contributed by atoms with van der Waals surface area (Å²) in [4.78, 5) is 37.8. The van der Waals surface area contributed by atoms with Crippen molar-refractivity contribution < 1.29 is 14.7 Å². The fourth-order valence-corrected chi connectivity index (χ4v) is 5.94. The molecule has 1 aliphatic rings. The molecule has 1 fully saturated rings. The molecule has 2 N–H and O–H groups in total. The number of nitrogens with one attached hydrogen (secondary N) is 1. The molecule has 0 saturated carbocycles. The lowest BCUT2D eigenvalue weighted by Gasteiger charge is -2.38. The van der Waals surface area contributed by atoms with E-state index in [0.717, 1.165) is 5.56 Å². The number of likely N-dealkylation sites (tertiary alicyclic amines) is 1. The highest BCUT2D eigenvalue weighted by Gasteiger charge is 2.60. The average molecular weight is 496 g/mol. The number of carbonyl (C=O) groups is 2. The third-order valence-corrected chi connectivity index (χ3v) is 7.54. The Morgan fingerprint density at radius 2 is 1.94 bits per heavy atom. The number of nitrogens with zero attached hydrogens (tertiary/aromatic N) is 4. The number of hydrogen-bond donors (Lipinski definition) is 2. The number of carboxylic acid groups (broad SMARTS) is 1. The summed E-state index contributed by atoms with van der Waals surface area (Å²) in [5.41, 5.74) is 0.0903. The Labute approximate surface area is 209 Å². The molecular formula is C26H33N5O3S. The van der Waals surface area contributed by atoms with Crippen LogP contribution in [-0.2, 0) is 10.2 Å². The predicted molar refractivity (Wildman–Crippen MR) is 134 cm³/mol. The molecule has 2 aromatic heterocycles. The normalized spacial score (nSPS) is 22.7. The van der Waals surface area contributed by atoms with Crippen molar-refractivity contribution in [2.24, 2.45) is 5.92 Å². The molecule has 0 radical (unpaired) electrons.